The van der Waals surface area contributed by atoms with E-state index in [1.165, 1.54) is 36.5 Å². The van der Waals surface area contributed by atoms with Crippen molar-refractivity contribution in [2.24, 2.45) is 56.7 Å². The largest absolute Gasteiger partial charge is 0.481 e. The maximum Gasteiger partial charge on any atom is 0.336 e. The zero-order valence-electron chi connectivity index (χ0n) is 34.8. The summed E-state index contributed by atoms with van der Waals surface area (Å²) in [6, 6.07) is 5.39. The third kappa shape index (κ3) is 6.01. The lowest BCUT2D eigenvalue weighted by Crippen LogP contribution is -2.68. The first-order valence-corrected chi connectivity index (χ1v) is 21.2. The Hall–Kier alpha value is -3.48. The van der Waals surface area contributed by atoms with Gasteiger partial charge in [0, 0.05) is 18.3 Å². The van der Waals surface area contributed by atoms with E-state index >= 15 is 0 Å². The predicted octanol–water partition coefficient (Wildman–Crippen LogP) is 8.88. The highest BCUT2D eigenvalue weighted by molar-refractivity contribution is 5.77. The number of carbonyl (C=O) groups is 2. The minimum atomic E-state index is -1.82. The molecule has 1 aromatic heterocycles. The Morgan fingerprint density at radius 2 is 1.75 bits per heavy atom. The number of aromatic nitrogens is 1. The van der Waals surface area contributed by atoms with E-state index in [1.807, 2.05) is 0 Å². The zero-order chi connectivity index (χ0) is 40.7. The number of β-amino-alcohol motifs (C(OH)–C–C–N with tert-alkyl or cyclic N) is 1. The normalized spacial score (nSPS) is 40.9. The first-order chi connectivity index (χ1) is 26.2. The van der Waals surface area contributed by atoms with Crippen molar-refractivity contribution < 1.29 is 29.6 Å². The zero-order valence-corrected chi connectivity index (χ0v) is 34.8. The van der Waals surface area contributed by atoms with Crippen molar-refractivity contribution >= 4 is 11.9 Å². The SMILES string of the molecule is C=C(C)[C@@H]1CC[C@]2(NCC(C)(O)C(=O)O)CC[C@]3(C)[C@H](CCC4[C@@]5(C)CC=C(C6=CC[C@](COc7ncccc7C#N)(C(=O)O)CC6)C(C)(C)C5CC[C@]43C)C12. The highest BCUT2D eigenvalue weighted by Gasteiger charge is 2.70. The molecule has 4 saturated carbocycles. The van der Waals surface area contributed by atoms with Gasteiger partial charge in [-0.1, -0.05) is 58.9 Å². The molecule has 11 atom stereocenters. The van der Waals surface area contributed by atoms with Crippen LogP contribution < -0.4 is 10.1 Å². The van der Waals surface area contributed by atoms with Crippen LogP contribution in [0.1, 0.15) is 131 Å². The Morgan fingerprint density at radius 3 is 2.39 bits per heavy atom. The van der Waals surface area contributed by atoms with Crippen LogP contribution in [0.15, 0.2) is 53.8 Å². The number of pyridine rings is 1. The quantitative estimate of drug-likeness (QED) is 0.171. The lowest BCUT2D eigenvalue weighted by molar-refractivity contribution is -0.221. The van der Waals surface area contributed by atoms with Crippen LogP contribution in [0.25, 0.3) is 0 Å². The van der Waals surface area contributed by atoms with Crippen LogP contribution >= 0.6 is 0 Å². The molecule has 0 bridgehead atoms. The number of allylic oxidation sites excluding steroid dienone is 5. The molecule has 9 nitrogen and oxygen atoms in total. The van der Waals surface area contributed by atoms with Crippen LogP contribution in [-0.4, -0.2) is 56.5 Å². The van der Waals surface area contributed by atoms with Crippen LogP contribution in [0, 0.1) is 68.0 Å². The summed E-state index contributed by atoms with van der Waals surface area (Å²) in [6.07, 6.45) is 17.6. The Labute approximate surface area is 334 Å². The summed E-state index contributed by atoms with van der Waals surface area (Å²) < 4.78 is 5.93. The number of nitrogens with zero attached hydrogens (tertiary/aromatic N) is 2. The minimum absolute atomic E-state index is 0.0325. The van der Waals surface area contributed by atoms with Gasteiger partial charge in [-0.05, 0) is 165 Å². The van der Waals surface area contributed by atoms with Gasteiger partial charge in [-0.25, -0.2) is 9.78 Å². The molecule has 1 aromatic rings. The smallest absolute Gasteiger partial charge is 0.336 e. The van der Waals surface area contributed by atoms with Crippen molar-refractivity contribution in [3.63, 3.8) is 0 Å². The number of hydrogen-bond donors (Lipinski definition) is 4. The molecule has 56 heavy (non-hydrogen) atoms. The molecule has 9 heteroatoms. The van der Waals surface area contributed by atoms with Gasteiger partial charge in [-0.2, -0.15) is 5.26 Å². The Morgan fingerprint density at radius 1 is 1.00 bits per heavy atom. The Kier molecular flexibility index (Phi) is 10.1. The standard InChI is InChI=1S/C47H65N3O6/c1-29(2)32-15-22-47(50-27-45(8,55)39(51)52)24-23-43(6)34(37(32)47)11-12-36-42(5)18-16-33(41(3,4)35(42)17-19-44(36,43)7)30-13-20-46(21-14-30,40(53)54)28-56-38-31(26-48)10-9-25-49-38/h9-10,13,16,25,32,34-37,50,55H,1,11-12,14-15,17-24,27-28H2,2-8H3,(H,51,52)(H,53,54)/t32-,34+,35?,36?,37?,42-,43+,44+,45?,46-,47-/m0/s1. The van der Waals surface area contributed by atoms with Gasteiger partial charge in [0.2, 0.25) is 5.88 Å². The van der Waals surface area contributed by atoms with Gasteiger partial charge in [0.25, 0.3) is 0 Å². The average molecular weight is 768 g/mol. The van der Waals surface area contributed by atoms with Crippen molar-refractivity contribution in [1.29, 1.82) is 5.26 Å². The molecule has 0 amide bonds. The predicted molar refractivity (Wildman–Crippen MR) is 215 cm³/mol. The van der Waals surface area contributed by atoms with E-state index in [9.17, 15) is 30.2 Å². The molecule has 7 rings (SSSR count). The summed E-state index contributed by atoms with van der Waals surface area (Å²) in [6.45, 7) is 20.8. The summed E-state index contributed by atoms with van der Waals surface area (Å²) >= 11 is 0. The maximum atomic E-state index is 12.8. The highest BCUT2D eigenvalue weighted by Crippen LogP contribution is 2.76. The number of rotatable bonds is 10. The molecule has 0 aromatic carbocycles. The molecule has 6 aliphatic rings. The Balaban J connectivity index is 1.14. The van der Waals surface area contributed by atoms with Crippen molar-refractivity contribution in [2.75, 3.05) is 13.2 Å². The number of fused-ring (bicyclic) bond motifs is 7. The van der Waals surface area contributed by atoms with Crippen molar-refractivity contribution in [3.05, 3.63) is 59.3 Å². The van der Waals surface area contributed by atoms with Crippen molar-refractivity contribution in [3.8, 4) is 11.9 Å². The van der Waals surface area contributed by atoms with Crippen molar-refractivity contribution in [2.45, 2.75) is 137 Å². The van der Waals surface area contributed by atoms with Gasteiger partial charge in [0.05, 0.1) is 0 Å². The summed E-state index contributed by atoms with van der Waals surface area (Å²) in [5, 5.41) is 44.2. The Bertz CT molecular complexity index is 1890. The monoisotopic (exact) mass is 767 g/mol. The first kappa shape index (κ1) is 40.7. The highest BCUT2D eigenvalue weighted by atomic mass is 16.5. The van der Waals surface area contributed by atoms with Gasteiger partial charge < -0.3 is 25.4 Å². The van der Waals surface area contributed by atoms with E-state index in [2.05, 4.69) is 76.6 Å². The van der Waals surface area contributed by atoms with Crippen LogP contribution in [-0.2, 0) is 9.59 Å². The molecule has 1 heterocycles. The molecule has 0 saturated heterocycles. The topological polar surface area (TPSA) is 153 Å². The van der Waals surface area contributed by atoms with Gasteiger partial charge >= 0.3 is 11.9 Å². The number of nitrogens with one attached hydrogen (secondary N) is 1. The summed E-state index contributed by atoms with van der Waals surface area (Å²) in [7, 11) is 0. The van der Waals surface area contributed by atoms with Gasteiger partial charge in [0.15, 0.2) is 5.60 Å². The van der Waals surface area contributed by atoms with Crippen LogP contribution in [0.2, 0.25) is 0 Å². The second-order valence-corrected chi connectivity index (χ2v) is 20.6. The molecule has 4 unspecified atom stereocenters. The average Bonchev–Trinajstić information content (AvgIpc) is 3.54. The number of aliphatic hydroxyl groups is 1. The summed E-state index contributed by atoms with van der Waals surface area (Å²) in [4.78, 5) is 28.9. The van der Waals surface area contributed by atoms with E-state index in [-0.39, 0.29) is 46.2 Å². The fourth-order valence-corrected chi connectivity index (χ4v) is 14.4. The first-order valence-electron chi connectivity index (χ1n) is 21.2. The fraction of sp³-hybridized carbons (Fsp3) is 0.702. The molecule has 6 aliphatic carbocycles. The number of nitriles is 1. The van der Waals surface area contributed by atoms with Crippen LogP contribution in [0.5, 0.6) is 5.88 Å². The molecule has 0 aliphatic heterocycles. The van der Waals surface area contributed by atoms with Gasteiger partial charge in [0.1, 0.15) is 23.7 Å². The third-order valence-corrected chi connectivity index (χ3v) is 17.7. The lowest BCUT2D eigenvalue weighted by atomic mass is 9.33. The number of carboxylic acid groups (broad SMARTS) is 2. The van der Waals surface area contributed by atoms with Gasteiger partial charge in [-0.15, -0.1) is 0 Å². The fourth-order valence-electron chi connectivity index (χ4n) is 14.4. The molecule has 4 N–H and O–H groups in total. The van der Waals surface area contributed by atoms with E-state index < -0.39 is 23.0 Å². The minimum Gasteiger partial charge on any atom is -0.481 e. The van der Waals surface area contributed by atoms with E-state index in [1.54, 1.807) is 18.3 Å². The molecule has 0 radical (unpaired) electrons. The molecular formula is C47H65N3O6. The number of hydrogen-bond acceptors (Lipinski definition) is 7. The number of carboxylic acids is 2. The van der Waals surface area contributed by atoms with E-state index in [0.717, 1.165) is 44.9 Å². The van der Waals surface area contributed by atoms with Crippen molar-refractivity contribution in [1.82, 2.24) is 10.3 Å². The molecule has 4 fully saturated rings. The second kappa shape index (κ2) is 13.8. The molecular weight excluding hydrogens is 703 g/mol. The van der Waals surface area contributed by atoms with E-state index in [0.29, 0.717) is 54.4 Å². The van der Waals surface area contributed by atoms with Crippen LogP contribution in [0.4, 0.5) is 0 Å². The summed E-state index contributed by atoms with van der Waals surface area (Å²) in [5.41, 5.74) is 1.43. The number of ether oxygens (including phenoxy) is 1. The van der Waals surface area contributed by atoms with E-state index in [4.69, 9.17) is 4.74 Å². The summed E-state index contributed by atoms with van der Waals surface area (Å²) in [5.74, 6) is 0.406. The van der Waals surface area contributed by atoms with Crippen LogP contribution in [0.3, 0.4) is 0 Å². The number of aliphatic carboxylic acids is 2. The third-order valence-electron chi connectivity index (χ3n) is 17.7. The van der Waals surface area contributed by atoms with Gasteiger partial charge in [-0.3, -0.25) is 4.79 Å². The molecule has 304 valence electrons. The maximum absolute atomic E-state index is 12.8. The second-order valence-electron chi connectivity index (χ2n) is 20.6. The molecule has 0 spiro atoms. The lowest BCUT2D eigenvalue weighted by Gasteiger charge is -2.72.